The van der Waals surface area contributed by atoms with Gasteiger partial charge in [0.25, 0.3) is 0 Å². The molecule has 0 aliphatic rings. The molecule has 0 saturated carbocycles. The largest absolute Gasteiger partial charge is 0.356 e. The first-order valence-electron chi connectivity index (χ1n) is 7.08. The third kappa shape index (κ3) is 4.71. The van der Waals surface area contributed by atoms with Crippen molar-refractivity contribution in [1.82, 2.24) is 20.0 Å². The summed E-state index contributed by atoms with van der Waals surface area (Å²) in [6, 6.07) is 11.7. The van der Waals surface area contributed by atoms with E-state index in [0.29, 0.717) is 0 Å². The molecular formula is C17H20N4O. The predicted octanol–water partition coefficient (Wildman–Crippen LogP) is 3.09. The number of rotatable bonds is 5. The van der Waals surface area contributed by atoms with Crippen LogP contribution in [0.15, 0.2) is 66.2 Å². The fourth-order valence-corrected chi connectivity index (χ4v) is 1.78. The fraction of sp³-hybridized carbons (Fsp3) is 0.176. The lowest BCUT2D eigenvalue weighted by Gasteiger charge is -1.98. The molecule has 2 heterocycles. The summed E-state index contributed by atoms with van der Waals surface area (Å²) in [4.78, 5) is 3.91. The number of nitrogens with one attached hydrogen (secondary N) is 1. The first-order valence-corrected chi connectivity index (χ1v) is 7.08. The van der Waals surface area contributed by atoms with Crippen LogP contribution in [0.1, 0.15) is 5.69 Å². The zero-order valence-corrected chi connectivity index (χ0v) is 12.6. The van der Waals surface area contributed by atoms with Crippen molar-refractivity contribution in [2.24, 2.45) is 0 Å². The van der Waals surface area contributed by atoms with Gasteiger partial charge in [-0.2, -0.15) is 0 Å². The number of hydrogen-bond acceptors (Lipinski definition) is 4. The molecule has 5 nitrogen and oxygen atoms in total. The Hall–Kier alpha value is -2.66. The van der Waals surface area contributed by atoms with E-state index < -0.39 is 0 Å². The summed E-state index contributed by atoms with van der Waals surface area (Å²) < 4.78 is 7.16. The molecule has 0 aliphatic heterocycles. The molecule has 0 saturated heterocycles. The molecule has 0 amide bonds. The van der Waals surface area contributed by atoms with Gasteiger partial charge in [0.15, 0.2) is 5.76 Å². The molecule has 3 rings (SSSR count). The second kappa shape index (κ2) is 8.59. The number of likely N-dealkylation sites (N-methyl/N-ethyl adjacent to an activating group) is 1. The molecule has 0 unspecified atom stereocenters. The summed E-state index contributed by atoms with van der Waals surface area (Å²) in [7, 11) is 1.94. The normalized spacial score (nSPS) is 9.86. The standard InChI is InChI=1S/C11H9NO.C6H11N3/c1-2-10-8-11(13-12-10)9-6-4-3-5-7-9;1-7-2-4-9-5-3-8-6-9/h2-8H,1H2;3,5-7H,2,4H2,1H3. The summed E-state index contributed by atoms with van der Waals surface area (Å²) in [6.07, 6.45) is 7.22. The predicted molar refractivity (Wildman–Crippen MR) is 88.2 cm³/mol. The SMILES string of the molecule is C=Cc1cc(-c2ccccc2)on1.CNCCn1ccnc1. The Bertz CT molecular complexity index is 659. The van der Waals surface area contributed by atoms with Crippen LogP contribution >= 0.6 is 0 Å². The van der Waals surface area contributed by atoms with Gasteiger partial charge in [0.2, 0.25) is 0 Å². The van der Waals surface area contributed by atoms with Crippen molar-refractivity contribution in [3.63, 3.8) is 0 Å². The van der Waals surface area contributed by atoms with Crippen molar-refractivity contribution in [3.8, 4) is 11.3 Å². The summed E-state index contributed by atoms with van der Waals surface area (Å²) in [5.41, 5.74) is 1.79. The number of nitrogens with zero attached hydrogens (tertiary/aromatic N) is 3. The molecule has 0 spiro atoms. The minimum atomic E-state index is 0.763. The summed E-state index contributed by atoms with van der Waals surface area (Å²) >= 11 is 0. The molecule has 0 aliphatic carbocycles. The van der Waals surface area contributed by atoms with Crippen LogP contribution < -0.4 is 5.32 Å². The fourth-order valence-electron chi connectivity index (χ4n) is 1.78. The highest BCUT2D eigenvalue weighted by Crippen LogP contribution is 2.19. The van der Waals surface area contributed by atoms with Gasteiger partial charge in [0.05, 0.1) is 6.33 Å². The maximum atomic E-state index is 5.12. The van der Waals surface area contributed by atoms with E-state index in [9.17, 15) is 0 Å². The van der Waals surface area contributed by atoms with Gasteiger partial charge in [0.1, 0.15) is 5.69 Å². The number of imidazole rings is 1. The van der Waals surface area contributed by atoms with Gasteiger partial charge in [0, 0.05) is 37.1 Å². The van der Waals surface area contributed by atoms with E-state index in [1.165, 1.54) is 0 Å². The van der Waals surface area contributed by atoms with Crippen LogP contribution in [0, 0.1) is 0 Å². The van der Waals surface area contributed by atoms with Gasteiger partial charge >= 0.3 is 0 Å². The van der Waals surface area contributed by atoms with Crippen LogP contribution in [0.3, 0.4) is 0 Å². The van der Waals surface area contributed by atoms with E-state index >= 15 is 0 Å². The zero-order valence-electron chi connectivity index (χ0n) is 12.6. The van der Waals surface area contributed by atoms with E-state index in [1.807, 2.05) is 60.5 Å². The smallest absolute Gasteiger partial charge is 0.167 e. The average Bonchev–Trinajstić information content (AvgIpc) is 3.26. The molecule has 5 heteroatoms. The van der Waals surface area contributed by atoms with Crippen molar-refractivity contribution in [1.29, 1.82) is 0 Å². The Morgan fingerprint density at radius 3 is 2.73 bits per heavy atom. The molecule has 3 aromatic rings. The lowest BCUT2D eigenvalue weighted by Crippen LogP contribution is -2.13. The second-order valence-corrected chi connectivity index (χ2v) is 4.59. The van der Waals surface area contributed by atoms with Gasteiger partial charge in [-0.05, 0) is 13.1 Å². The maximum absolute atomic E-state index is 5.12. The van der Waals surface area contributed by atoms with E-state index in [1.54, 1.807) is 12.3 Å². The van der Waals surface area contributed by atoms with Crippen LogP contribution in [0.4, 0.5) is 0 Å². The van der Waals surface area contributed by atoms with E-state index in [0.717, 1.165) is 30.1 Å². The minimum Gasteiger partial charge on any atom is -0.356 e. The van der Waals surface area contributed by atoms with Crippen molar-refractivity contribution in [2.45, 2.75) is 6.54 Å². The number of aromatic nitrogens is 3. The Kier molecular flexibility index (Phi) is 6.14. The Labute approximate surface area is 130 Å². The third-order valence-corrected chi connectivity index (χ3v) is 2.98. The van der Waals surface area contributed by atoms with Crippen LogP contribution in [-0.2, 0) is 6.54 Å². The molecular weight excluding hydrogens is 276 g/mol. The quantitative estimate of drug-likeness (QED) is 0.786. The van der Waals surface area contributed by atoms with Gasteiger partial charge in [-0.15, -0.1) is 0 Å². The summed E-state index contributed by atoms with van der Waals surface area (Å²) in [6.45, 7) is 5.61. The highest BCUT2D eigenvalue weighted by molar-refractivity contribution is 5.59. The lowest BCUT2D eigenvalue weighted by atomic mass is 10.2. The molecule has 1 N–H and O–H groups in total. The Morgan fingerprint density at radius 2 is 2.14 bits per heavy atom. The second-order valence-electron chi connectivity index (χ2n) is 4.59. The van der Waals surface area contributed by atoms with Gasteiger partial charge in [-0.25, -0.2) is 4.98 Å². The van der Waals surface area contributed by atoms with Gasteiger partial charge in [-0.1, -0.05) is 42.1 Å². The third-order valence-electron chi connectivity index (χ3n) is 2.98. The number of hydrogen-bond donors (Lipinski definition) is 1. The van der Waals surface area contributed by atoms with Gasteiger partial charge < -0.3 is 14.4 Å². The summed E-state index contributed by atoms with van der Waals surface area (Å²) in [5, 5.41) is 6.88. The minimum absolute atomic E-state index is 0.763. The maximum Gasteiger partial charge on any atom is 0.167 e. The highest BCUT2D eigenvalue weighted by atomic mass is 16.5. The molecule has 1 aromatic carbocycles. The van der Waals surface area contributed by atoms with E-state index in [4.69, 9.17) is 4.52 Å². The Balaban J connectivity index is 0.000000172. The van der Waals surface area contributed by atoms with E-state index in [2.05, 4.69) is 22.0 Å². The first-order chi connectivity index (χ1) is 10.8. The monoisotopic (exact) mass is 296 g/mol. The average molecular weight is 296 g/mol. The molecule has 2 aromatic heterocycles. The van der Waals surface area contributed by atoms with Crippen LogP contribution in [0.25, 0.3) is 17.4 Å². The number of benzene rings is 1. The van der Waals surface area contributed by atoms with E-state index in [-0.39, 0.29) is 0 Å². The molecule has 114 valence electrons. The van der Waals surface area contributed by atoms with Crippen LogP contribution in [0.5, 0.6) is 0 Å². The van der Waals surface area contributed by atoms with Crippen LogP contribution in [0.2, 0.25) is 0 Å². The first kappa shape index (κ1) is 15.7. The molecule has 0 bridgehead atoms. The van der Waals surface area contributed by atoms with Crippen molar-refractivity contribution in [3.05, 3.63) is 67.4 Å². The lowest BCUT2D eigenvalue weighted by molar-refractivity contribution is 0.430. The molecule has 0 radical (unpaired) electrons. The topological polar surface area (TPSA) is 55.9 Å². The van der Waals surface area contributed by atoms with Crippen molar-refractivity contribution >= 4 is 6.08 Å². The zero-order chi connectivity index (χ0) is 15.6. The van der Waals surface area contributed by atoms with Crippen molar-refractivity contribution in [2.75, 3.05) is 13.6 Å². The molecule has 0 atom stereocenters. The Morgan fingerprint density at radius 1 is 1.32 bits per heavy atom. The van der Waals surface area contributed by atoms with Crippen molar-refractivity contribution < 1.29 is 4.52 Å². The van der Waals surface area contributed by atoms with Crippen LogP contribution in [-0.4, -0.2) is 28.3 Å². The summed E-state index contributed by atoms with van der Waals surface area (Å²) in [5.74, 6) is 0.774. The highest BCUT2D eigenvalue weighted by Gasteiger charge is 2.02. The molecule has 22 heavy (non-hydrogen) atoms. The molecule has 0 fully saturated rings. The van der Waals surface area contributed by atoms with Gasteiger partial charge in [-0.3, -0.25) is 0 Å².